The van der Waals surface area contributed by atoms with E-state index in [0.717, 1.165) is 0 Å². The molecule has 126 valence electrons. The normalized spacial score (nSPS) is 28.4. The number of carbonyl (C=O) groups is 1. The van der Waals surface area contributed by atoms with Crippen molar-refractivity contribution in [1.82, 2.24) is 0 Å². The van der Waals surface area contributed by atoms with Gasteiger partial charge in [0.15, 0.2) is 0 Å². The second-order valence-electron chi connectivity index (χ2n) is 4.28. The number of benzene rings is 1. The fourth-order valence-electron chi connectivity index (χ4n) is 1.76. The molecule has 0 aromatic heterocycles. The van der Waals surface area contributed by atoms with E-state index in [9.17, 15) is 17.6 Å². The van der Waals surface area contributed by atoms with Crippen molar-refractivity contribution < 1.29 is 31.9 Å². The van der Waals surface area contributed by atoms with Crippen LogP contribution in [0.5, 0.6) is 0 Å². The average molecular weight is 369 g/mol. The predicted octanol–water partition coefficient (Wildman–Crippen LogP) is 3.26. The number of nitrogens with one attached hydrogen (secondary N) is 1. The van der Waals surface area contributed by atoms with E-state index in [1.54, 1.807) is 4.72 Å². The van der Waals surface area contributed by atoms with Gasteiger partial charge in [-0.25, -0.2) is 17.6 Å². The fourth-order valence-corrected chi connectivity index (χ4v) is 3.26. The van der Waals surface area contributed by atoms with Crippen molar-refractivity contribution in [2.24, 2.45) is 0 Å². The van der Waals surface area contributed by atoms with E-state index in [1.807, 2.05) is 0 Å². The van der Waals surface area contributed by atoms with Crippen LogP contribution in [0.2, 0.25) is 5.02 Å². The smallest absolute Gasteiger partial charge is 0.335 e. The molecule has 0 aliphatic heterocycles. The molecule has 1 aromatic carbocycles. The highest BCUT2D eigenvalue weighted by atomic mass is 35.5. The van der Waals surface area contributed by atoms with Gasteiger partial charge in [0.25, 0.3) is 0 Å². The van der Waals surface area contributed by atoms with Gasteiger partial charge in [0, 0.05) is 2.74 Å². The van der Waals surface area contributed by atoms with Crippen molar-refractivity contribution in [1.29, 1.82) is 0 Å². The van der Waals surface area contributed by atoms with Gasteiger partial charge >= 0.3 is 5.97 Å². The molecule has 1 aromatic rings. The van der Waals surface area contributed by atoms with Crippen LogP contribution < -0.4 is 4.72 Å². The van der Waals surface area contributed by atoms with E-state index >= 15 is 0 Å². The summed E-state index contributed by atoms with van der Waals surface area (Å²) in [5, 5.41) is -3.92. The Balaban J connectivity index is 2.70. The van der Waals surface area contributed by atoms with Gasteiger partial charge in [-0.1, -0.05) is 17.7 Å². The molecule has 0 bridgehead atoms. The Hall–Kier alpha value is -1.60. The maximum absolute atomic E-state index is 13.8. The SMILES string of the molecule is [2H]C1=C(C(=O)OCC)C([2H])(S(=O)(=O)Nc2c([2H])c([2H])c(F)c([2H])c2Cl)CC([2H])([2H])C1. The molecule has 0 radical (unpaired) electrons. The van der Waals surface area contributed by atoms with Crippen LogP contribution in [-0.2, 0) is 19.6 Å². The van der Waals surface area contributed by atoms with E-state index in [1.165, 1.54) is 6.92 Å². The van der Waals surface area contributed by atoms with Gasteiger partial charge in [-0.3, -0.25) is 4.72 Å². The van der Waals surface area contributed by atoms with Crippen LogP contribution in [0.25, 0.3) is 0 Å². The Morgan fingerprint density at radius 1 is 1.65 bits per heavy atom. The molecular formula is C15H17ClFNO4S. The van der Waals surface area contributed by atoms with E-state index in [4.69, 9.17) is 25.9 Å². The summed E-state index contributed by atoms with van der Waals surface area (Å²) in [5.41, 5.74) is -1.78. The number of carbonyl (C=O) groups excluding carboxylic acids is 1. The molecule has 1 atom stereocenters. The van der Waals surface area contributed by atoms with Crippen LogP contribution in [0.1, 0.15) is 35.7 Å². The van der Waals surface area contributed by atoms with Crippen LogP contribution in [0, 0.1) is 5.82 Å². The number of halogens is 2. The minimum atomic E-state index is -5.14. The van der Waals surface area contributed by atoms with Crippen molar-refractivity contribution in [2.75, 3.05) is 11.3 Å². The zero-order chi connectivity index (χ0) is 23.2. The first-order valence-electron chi connectivity index (χ1n) is 9.94. The van der Waals surface area contributed by atoms with Crippen molar-refractivity contribution in [3.05, 3.63) is 40.6 Å². The van der Waals surface area contributed by atoms with Crippen LogP contribution in [0.15, 0.2) is 29.8 Å². The number of sulfonamides is 1. The van der Waals surface area contributed by atoms with Crippen LogP contribution >= 0.6 is 11.6 Å². The van der Waals surface area contributed by atoms with Crippen LogP contribution in [0.4, 0.5) is 10.1 Å². The minimum Gasteiger partial charge on any atom is -0.463 e. The number of anilines is 1. The summed E-state index contributed by atoms with van der Waals surface area (Å²) < 4.78 is 101. The molecule has 0 spiro atoms. The van der Waals surface area contributed by atoms with E-state index in [-0.39, 0.29) is 6.61 Å². The first-order valence-corrected chi connectivity index (χ1v) is 8.30. The molecular weight excluding hydrogens is 345 g/mol. The molecule has 1 unspecified atom stereocenters. The maximum Gasteiger partial charge on any atom is 0.335 e. The Morgan fingerprint density at radius 3 is 3.09 bits per heavy atom. The molecule has 1 N–H and O–H groups in total. The van der Waals surface area contributed by atoms with Crippen molar-refractivity contribution >= 4 is 33.3 Å². The second kappa shape index (κ2) is 7.31. The number of hydrogen-bond donors (Lipinski definition) is 1. The molecule has 0 fully saturated rings. The zero-order valence-electron chi connectivity index (χ0n) is 18.9. The second-order valence-corrected chi connectivity index (χ2v) is 6.36. The largest absolute Gasteiger partial charge is 0.463 e. The summed E-state index contributed by atoms with van der Waals surface area (Å²) in [6, 6.07) is -3.95. The highest BCUT2D eigenvalue weighted by molar-refractivity contribution is 7.93. The summed E-state index contributed by atoms with van der Waals surface area (Å²) in [7, 11) is -5.14. The summed E-state index contributed by atoms with van der Waals surface area (Å²) in [4.78, 5) is 12.3. The lowest BCUT2D eigenvalue weighted by Gasteiger charge is -2.24. The van der Waals surface area contributed by atoms with Gasteiger partial charge in [0.2, 0.25) is 10.0 Å². The summed E-state index contributed by atoms with van der Waals surface area (Å²) in [6.45, 7) is 1.22. The fraction of sp³-hybridized carbons (Fsp3) is 0.400. The van der Waals surface area contributed by atoms with Crippen molar-refractivity contribution in [2.45, 2.75) is 31.4 Å². The van der Waals surface area contributed by atoms with Crippen molar-refractivity contribution in [3.8, 4) is 0 Å². The molecule has 0 amide bonds. The lowest BCUT2D eigenvalue weighted by atomic mass is 9.99. The first kappa shape index (κ1) is 10.3. The van der Waals surface area contributed by atoms with E-state index < -0.39 is 86.7 Å². The Labute approximate surface area is 149 Å². The molecule has 0 saturated carbocycles. The summed E-state index contributed by atoms with van der Waals surface area (Å²) >= 11 is 5.77. The molecule has 1 aliphatic carbocycles. The zero-order valence-corrected chi connectivity index (χ0v) is 13.5. The maximum atomic E-state index is 13.8. The molecule has 0 heterocycles. The molecule has 0 saturated heterocycles. The molecule has 5 nitrogen and oxygen atoms in total. The summed E-state index contributed by atoms with van der Waals surface area (Å²) in [5.74, 6) is -2.75. The topological polar surface area (TPSA) is 72.5 Å². The highest BCUT2D eigenvalue weighted by Gasteiger charge is 2.35. The predicted molar refractivity (Wildman–Crippen MR) is 86.3 cm³/mol. The van der Waals surface area contributed by atoms with E-state index in [2.05, 4.69) is 0 Å². The Kier molecular flexibility index (Phi) is 3.28. The lowest BCUT2D eigenvalue weighted by molar-refractivity contribution is -0.138. The molecule has 1 aliphatic rings. The number of rotatable bonds is 5. The number of esters is 1. The average Bonchev–Trinajstić information content (AvgIpc) is 2.60. The van der Waals surface area contributed by atoms with Gasteiger partial charge in [0.05, 0.1) is 29.7 Å². The Morgan fingerprint density at radius 2 is 2.39 bits per heavy atom. The lowest BCUT2D eigenvalue weighted by Crippen LogP contribution is -2.34. The third kappa shape index (κ3) is 4.23. The van der Waals surface area contributed by atoms with Crippen LogP contribution in [0.3, 0.4) is 0 Å². The van der Waals surface area contributed by atoms with Gasteiger partial charge in [-0.05, 0) is 44.3 Å². The molecule has 8 heteroatoms. The number of ether oxygens (including phenoxy) is 1. The molecule has 23 heavy (non-hydrogen) atoms. The number of hydrogen-bond acceptors (Lipinski definition) is 4. The first-order chi connectivity index (χ1) is 13.6. The minimum absolute atomic E-state index is 0.197. The molecule has 2 rings (SSSR count). The van der Waals surface area contributed by atoms with Gasteiger partial charge in [-0.15, -0.1) is 0 Å². The van der Waals surface area contributed by atoms with Gasteiger partial charge in [-0.2, -0.15) is 0 Å². The van der Waals surface area contributed by atoms with Crippen LogP contribution in [-0.4, -0.2) is 26.2 Å². The van der Waals surface area contributed by atoms with Gasteiger partial charge < -0.3 is 4.74 Å². The summed E-state index contributed by atoms with van der Waals surface area (Å²) in [6.07, 6.45) is -4.04. The highest BCUT2D eigenvalue weighted by Crippen LogP contribution is 2.30. The Bertz CT molecular complexity index is 1020. The monoisotopic (exact) mass is 368 g/mol. The third-order valence-corrected chi connectivity index (χ3v) is 4.48. The quantitative estimate of drug-likeness (QED) is 0.809. The van der Waals surface area contributed by atoms with Crippen molar-refractivity contribution in [3.63, 3.8) is 0 Å². The third-order valence-electron chi connectivity index (χ3n) is 2.73. The number of allylic oxidation sites excluding steroid dienone is 1. The van der Waals surface area contributed by atoms with E-state index in [0.29, 0.717) is 0 Å². The van der Waals surface area contributed by atoms with Gasteiger partial charge in [0.1, 0.15) is 11.0 Å². The standard InChI is InChI=1S/C15H17ClFNO4S/c1-2-22-15(19)11-5-3-4-6-14(11)23(20,21)18-13-8-7-10(17)9-12(13)16/h5,7-9,14,18H,2-4,6H2,1H3/i4D2,5D,7D,8D,9D,14D.